The number of nitrogens with two attached hydrogens (primary N) is 2. The molecular weight excluding hydrogens is 372 g/mol. The van der Waals surface area contributed by atoms with E-state index in [0.717, 1.165) is 17.2 Å². The molecule has 2 aromatic rings. The van der Waals surface area contributed by atoms with Crippen LogP contribution in [0.2, 0.25) is 0 Å². The average Bonchev–Trinajstić information content (AvgIpc) is 2.72. The van der Waals surface area contributed by atoms with Crippen LogP contribution >= 0.6 is 45.3 Å². The summed E-state index contributed by atoms with van der Waals surface area (Å²) < 4.78 is 0. The van der Waals surface area contributed by atoms with E-state index in [0.29, 0.717) is 5.13 Å². The second kappa shape index (κ2) is 6.72. The molecule has 0 aromatic carbocycles. The molecule has 0 aliphatic heterocycles. The van der Waals surface area contributed by atoms with Gasteiger partial charge in [-0.25, -0.2) is 9.97 Å². The van der Waals surface area contributed by atoms with Crippen molar-refractivity contribution in [3.8, 4) is 11.4 Å². The number of aromatic nitrogens is 3. The number of guanidine groups is 1. The topological polar surface area (TPSA) is 106 Å². The zero-order chi connectivity index (χ0) is 10.8. The van der Waals surface area contributed by atoms with E-state index >= 15 is 0 Å². The minimum absolute atomic E-state index is 0. The van der Waals surface area contributed by atoms with E-state index in [2.05, 4.69) is 19.9 Å². The van der Waals surface area contributed by atoms with Crippen LogP contribution in [0.15, 0.2) is 16.6 Å². The monoisotopic (exact) mass is 382 g/mol. The highest BCUT2D eigenvalue weighted by atomic mass is 79.9. The summed E-state index contributed by atoms with van der Waals surface area (Å²) in [5.74, 6) is 0.859. The molecule has 0 amide bonds. The van der Waals surface area contributed by atoms with Crippen LogP contribution in [0.3, 0.4) is 0 Å². The zero-order valence-electron chi connectivity index (χ0n) is 8.88. The first kappa shape index (κ1) is 16.1. The van der Waals surface area contributed by atoms with Crippen molar-refractivity contribution in [2.75, 3.05) is 0 Å². The molecule has 0 radical (unpaired) electrons. The molecule has 17 heavy (non-hydrogen) atoms. The molecule has 0 atom stereocenters. The molecule has 0 unspecified atom stereocenters. The molecular formula is C8H12Br2N6S. The number of halogens is 2. The summed E-state index contributed by atoms with van der Waals surface area (Å²) in [6.45, 7) is 1.88. The Morgan fingerprint density at radius 1 is 1.41 bits per heavy atom. The van der Waals surface area contributed by atoms with Crippen LogP contribution in [0, 0.1) is 6.92 Å². The van der Waals surface area contributed by atoms with Crippen LogP contribution in [-0.2, 0) is 0 Å². The molecule has 2 aromatic heterocycles. The maximum absolute atomic E-state index is 5.25. The highest BCUT2D eigenvalue weighted by Gasteiger charge is 2.05. The molecule has 6 nitrogen and oxygen atoms in total. The molecule has 0 fully saturated rings. The van der Waals surface area contributed by atoms with Crippen molar-refractivity contribution in [3.63, 3.8) is 0 Å². The van der Waals surface area contributed by atoms with E-state index in [1.165, 1.54) is 11.3 Å². The molecule has 2 heterocycles. The smallest absolute Gasteiger partial charge is 0.212 e. The molecule has 0 spiro atoms. The molecule has 0 aliphatic carbocycles. The van der Waals surface area contributed by atoms with Gasteiger partial charge in [0, 0.05) is 5.38 Å². The van der Waals surface area contributed by atoms with Gasteiger partial charge < -0.3 is 16.5 Å². The minimum atomic E-state index is 0. The third-order valence-electron chi connectivity index (χ3n) is 1.70. The van der Waals surface area contributed by atoms with Gasteiger partial charge in [-0.2, -0.15) is 4.99 Å². The fraction of sp³-hybridized carbons (Fsp3) is 0.125. The Morgan fingerprint density at radius 2 is 2.12 bits per heavy atom. The summed E-state index contributed by atoms with van der Waals surface area (Å²) in [5, 5.41) is 2.41. The van der Waals surface area contributed by atoms with Gasteiger partial charge in [0.15, 0.2) is 5.96 Å². The lowest BCUT2D eigenvalue weighted by Crippen LogP contribution is -2.21. The summed E-state index contributed by atoms with van der Waals surface area (Å²) >= 11 is 1.38. The van der Waals surface area contributed by atoms with Gasteiger partial charge in [-0.05, 0) is 6.92 Å². The predicted molar refractivity (Wildman–Crippen MR) is 80.5 cm³/mol. The number of hydrogen-bond donors (Lipinski definition) is 3. The van der Waals surface area contributed by atoms with Crippen molar-refractivity contribution in [1.82, 2.24) is 15.0 Å². The fourth-order valence-electron chi connectivity index (χ4n) is 1.10. The molecule has 0 aliphatic rings. The highest BCUT2D eigenvalue weighted by molar-refractivity contribution is 8.93. The Hall–Kier alpha value is -0.930. The number of aromatic amines is 1. The molecule has 0 saturated carbocycles. The van der Waals surface area contributed by atoms with Crippen LogP contribution in [0.25, 0.3) is 11.4 Å². The van der Waals surface area contributed by atoms with E-state index in [1.807, 2.05) is 12.3 Å². The molecule has 0 bridgehead atoms. The van der Waals surface area contributed by atoms with Gasteiger partial charge in [0.05, 0.1) is 11.9 Å². The van der Waals surface area contributed by atoms with E-state index in [-0.39, 0.29) is 39.9 Å². The molecule has 0 saturated heterocycles. The number of rotatable bonds is 2. The van der Waals surface area contributed by atoms with Gasteiger partial charge in [0.25, 0.3) is 0 Å². The molecule has 94 valence electrons. The van der Waals surface area contributed by atoms with Crippen LogP contribution in [0.1, 0.15) is 5.82 Å². The predicted octanol–water partition coefficient (Wildman–Crippen LogP) is 1.90. The zero-order valence-corrected chi connectivity index (χ0v) is 13.1. The third-order valence-corrected chi connectivity index (χ3v) is 2.43. The number of nitrogens with zero attached hydrogens (tertiary/aromatic N) is 3. The number of imidazole rings is 1. The van der Waals surface area contributed by atoms with Crippen LogP contribution in [0.5, 0.6) is 0 Å². The first-order chi connectivity index (χ1) is 7.15. The van der Waals surface area contributed by atoms with Gasteiger partial charge in [0.1, 0.15) is 11.5 Å². The maximum Gasteiger partial charge on any atom is 0.212 e. The average molecular weight is 384 g/mol. The lowest BCUT2D eigenvalue weighted by molar-refractivity contribution is 1.15. The van der Waals surface area contributed by atoms with Gasteiger partial charge in [-0.3, -0.25) is 0 Å². The Kier molecular flexibility index (Phi) is 6.35. The Balaban J connectivity index is 0.00000128. The van der Waals surface area contributed by atoms with Gasteiger partial charge in [0.2, 0.25) is 5.13 Å². The van der Waals surface area contributed by atoms with Gasteiger partial charge >= 0.3 is 0 Å². The summed E-state index contributed by atoms with van der Waals surface area (Å²) in [7, 11) is 0. The number of nitrogens with one attached hydrogen (secondary N) is 1. The number of H-pyrrole nitrogens is 1. The summed E-state index contributed by atoms with van der Waals surface area (Å²) in [6.07, 6.45) is 1.73. The van der Waals surface area contributed by atoms with Crippen molar-refractivity contribution in [2.24, 2.45) is 16.5 Å². The first-order valence-electron chi connectivity index (χ1n) is 4.22. The quantitative estimate of drug-likeness (QED) is 0.543. The first-order valence-corrected chi connectivity index (χ1v) is 5.10. The second-order valence-corrected chi connectivity index (χ2v) is 3.77. The minimum Gasteiger partial charge on any atom is -0.370 e. The van der Waals surface area contributed by atoms with Crippen molar-refractivity contribution >= 4 is 56.4 Å². The number of hydrogen-bond acceptors (Lipinski definition) is 4. The number of aryl methyl sites for hydroxylation is 1. The summed E-state index contributed by atoms with van der Waals surface area (Å²) in [5.41, 5.74) is 12.2. The fourth-order valence-corrected chi connectivity index (χ4v) is 1.81. The highest BCUT2D eigenvalue weighted by Crippen LogP contribution is 2.25. The standard InChI is InChI=1S/C8H10N6S.2BrH/c1-4-11-2-5(12-4)6-3-15-8(13-6)14-7(9)10;;/h2-3H,1H3,(H,11,12)(H4,9,10,13,14);2*1H. The Labute approximate surface area is 123 Å². The van der Waals surface area contributed by atoms with Gasteiger partial charge in [-0.15, -0.1) is 45.3 Å². The summed E-state index contributed by atoms with van der Waals surface area (Å²) in [6, 6.07) is 0. The van der Waals surface area contributed by atoms with E-state index in [1.54, 1.807) is 6.20 Å². The van der Waals surface area contributed by atoms with Crippen molar-refractivity contribution in [3.05, 3.63) is 17.4 Å². The largest absolute Gasteiger partial charge is 0.370 e. The van der Waals surface area contributed by atoms with E-state index < -0.39 is 0 Å². The number of thiazole rings is 1. The third kappa shape index (κ3) is 4.10. The van der Waals surface area contributed by atoms with Crippen molar-refractivity contribution in [1.29, 1.82) is 0 Å². The Morgan fingerprint density at radius 3 is 2.65 bits per heavy atom. The van der Waals surface area contributed by atoms with Crippen LogP contribution in [0.4, 0.5) is 5.13 Å². The number of aliphatic imine (C=N–C) groups is 1. The van der Waals surface area contributed by atoms with Crippen molar-refractivity contribution in [2.45, 2.75) is 6.92 Å². The lowest BCUT2D eigenvalue weighted by atomic mass is 10.4. The maximum atomic E-state index is 5.25. The SMILES string of the molecule is Br.Br.Cc1ncc(-c2csc(N=C(N)N)n2)[nH]1. The van der Waals surface area contributed by atoms with Crippen LogP contribution in [-0.4, -0.2) is 20.9 Å². The van der Waals surface area contributed by atoms with Crippen LogP contribution < -0.4 is 11.5 Å². The molecule has 5 N–H and O–H groups in total. The van der Waals surface area contributed by atoms with E-state index in [9.17, 15) is 0 Å². The second-order valence-electron chi connectivity index (χ2n) is 2.93. The summed E-state index contributed by atoms with van der Waals surface area (Å²) in [4.78, 5) is 15.3. The normalized spacial score (nSPS) is 9.00. The Bertz CT molecular complexity index is 502. The molecule has 9 heteroatoms. The van der Waals surface area contributed by atoms with Crippen molar-refractivity contribution < 1.29 is 0 Å². The molecule has 2 rings (SSSR count). The lowest BCUT2D eigenvalue weighted by Gasteiger charge is -1.88. The van der Waals surface area contributed by atoms with Gasteiger partial charge in [-0.1, -0.05) is 0 Å². The van der Waals surface area contributed by atoms with E-state index in [4.69, 9.17) is 11.5 Å².